The number of para-hydroxylation sites is 3. The Morgan fingerprint density at radius 3 is 1.40 bits per heavy atom. The third kappa shape index (κ3) is 5.23. The number of rotatable bonds is 6. The van der Waals surface area contributed by atoms with Crippen molar-refractivity contribution >= 4 is 82.9 Å². The number of fused-ring (bicyclic) bond motifs is 9. The van der Waals surface area contributed by atoms with E-state index in [-0.39, 0.29) is 0 Å². The highest BCUT2D eigenvalue weighted by Crippen LogP contribution is 2.44. The van der Waals surface area contributed by atoms with Crippen molar-refractivity contribution in [2.45, 2.75) is 0 Å². The number of hydrogen-bond donors (Lipinski definition) is 0. The summed E-state index contributed by atoms with van der Waals surface area (Å²) < 4.78 is 19.3. The predicted molar refractivity (Wildman–Crippen MR) is 239 cm³/mol. The average molecular weight is 744 g/mol. The maximum absolute atomic E-state index is 6.85. The third-order valence-electron chi connectivity index (χ3n) is 11.5. The highest BCUT2D eigenvalue weighted by Gasteiger charge is 2.20. The van der Waals surface area contributed by atoms with Crippen LogP contribution in [0.2, 0.25) is 0 Å². The van der Waals surface area contributed by atoms with Crippen molar-refractivity contribution in [1.82, 2.24) is 0 Å². The van der Waals surface area contributed by atoms with E-state index in [4.69, 9.17) is 13.3 Å². The molecule has 0 N–H and O–H groups in total. The van der Waals surface area contributed by atoms with Gasteiger partial charge in [-0.15, -0.1) is 0 Å². The van der Waals surface area contributed by atoms with E-state index in [2.05, 4.69) is 187 Å². The van der Waals surface area contributed by atoms with E-state index >= 15 is 0 Å². The van der Waals surface area contributed by atoms with Crippen LogP contribution >= 0.6 is 0 Å². The third-order valence-corrected chi connectivity index (χ3v) is 11.5. The van der Waals surface area contributed by atoms with Crippen molar-refractivity contribution in [2.75, 3.05) is 4.90 Å². The van der Waals surface area contributed by atoms with Crippen molar-refractivity contribution in [2.24, 2.45) is 0 Å². The lowest BCUT2D eigenvalue weighted by Gasteiger charge is -2.25. The lowest BCUT2D eigenvalue weighted by Crippen LogP contribution is -2.10. The largest absolute Gasteiger partial charge is 0.456 e. The van der Waals surface area contributed by atoms with Crippen LogP contribution in [0.4, 0.5) is 17.1 Å². The fourth-order valence-electron chi connectivity index (χ4n) is 8.62. The van der Waals surface area contributed by atoms with E-state index in [0.717, 1.165) is 105 Å². The Labute approximate surface area is 333 Å². The first-order valence-corrected chi connectivity index (χ1v) is 19.6. The van der Waals surface area contributed by atoms with Crippen molar-refractivity contribution in [3.63, 3.8) is 0 Å². The van der Waals surface area contributed by atoms with Gasteiger partial charge in [-0.05, 0) is 118 Å². The van der Waals surface area contributed by atoms with Crippen LogP contribution in [0.25, 0.3) is 99.2 Å². The topological polar surface area (TPSA) is 42.7 Å². The summed E-state index contributed by atoms with van der Waals surface area (Å²) >= 11 is 0. The van der Waals surface area contributed by atoms with Gasteiger partial charge in [0, 0.05) is 43.7 Å². The molecule has 58 heavy (non-hydrogen) atoms. The fraction of sp³-hybridized carbons (Fsp3) is 0. The van der Waals surface area contributed by atoms with Gasteiger partial charge in [-0.3, -0.25) is 0 Å². The molecular weight excluding hydrogens is 711 g/mol. The quantitative estimate of drug-likeness (QED) is 0.170. The molecule has 12 aromatic rings. The fourth-order valence-corrected chi connectivity index (χ4v) is 8.62. The second-order valence-electron chi connectivity index (χ2n) is 14.9. The van der Waals surface area contributed by atoms with Crippen LogP contribution in [-0.4, -0.2) is 0 Å². The van der Waals surface area contributed by atoms with E-state index in [1.807, 2.05) is 18.2 Å². The van der Waals surface area contributed by atoms with Crippen molar-refractivity contribution in [1.29, 1.82) is 0 Å². The van der Waals surface area contributed by atoms with Crippen LogP contribution < -0.4 is 4.90 Å². The van der Waals surface area contributed by atoms with Crippen molar-refractivity contribution in [3.8, 4) is 33.4 Å². The van der Waals surface area contributed by atoms with E-state index in [9.17, 15) is 0 Å². The molecule has 12 rings (SSSR count). The number of furan rings is 3. The number of anilines is 3. The maximum atomic E-state index is 6.85. The van der Waals surface area contributed by atoms with Gasteiger partial charge in [0.15, 0.2) is 5.58 Å². The standard InChI is InChI=1S/C54H33NO3/c1-3-10-34(11-4-1)35-18-24-41(25-19-35)55(40-12-5-2-6-13-40)48-16-9-15-44-43-26-20-39(33-53(43)58-54(44)48)38-23-29-52-47(32-38)46-31-37(22-28-51(46)57-52)36-21-27-50-45(30-36)42-14-7-8-17-49(42)56-50/h1-33H. The minimum atomic E-state index is 0.842. The molecule has 0 aliphatic rings. The zero-order chi connectivity index (χ0) is 38.2. The molecule has 0 unspecified atom stereocenters. The lowest BCUT2D eigenvalue weighted by atomic mass is 9.99. The van der Waals surface area contributed by atoms with Gasteiger partial charge in [0.2, 0.25) is 0 Å². The smallest absolute Gasteiger partial charge is 0.159 e. The molecule has 0 amide bonds. The zero-order valence-corrected chi connectivity index (χ0v) is 31.2. The van der Waals surface area contributed by atoms with Gasteiger partial charge < -0.3 is 18.2 Å². The Bertz CT molecular complexity index is 3500. The Morgan fingerprint density at radius 2 is 0.724 bits per heavy atom. The molecule has 0 bridgehead atoms. The molecule has 4 heteroatoms. The van der Waals surface area contributed by atoms with Crippen LogP contribution in [0.15, 0.2) is 213 Å². The SMILES string of the molecule is c1ccc(-c2ccc(N(c3ccccc3)c3cccc4c3oc3cc(-c5ccc6oc7ccc(-c8ccc9oc%10ccccc%10c9c8)cc7c6c5)ccc34)cc2)cc1. The van der Waals surface area contributed by atoms with E-state index in [1.54, 1.807) is 0 Å². The molecule has 0 aliphatic carbocycles. The Kier molecular flexibility index (Phi) is 7.20. The van der Waals surface area contributed by atoms with Crippen molar-refractivity contribution < 1.29 is 13.3 Å². The molecule has 0 aliphatic heterocycles. The molecule has 3 aromatic heterocycles. The number of hydrogen-bond acceptors (Lipinski definition) is 4. The monoisotopic (exact) mass is 743 g/mol. The lowest BCUT2D eigenvalue weighted by molar-refractivity contribution is 0.668. The predicted octanol–water partition coefficient (Wildman–Crippen LogP) is 15.9. The minimum Gasteiger partial charge on any atom is -0.456 e. The van der Waals surface area contributed by atoms with Crippen LogP contribution in [0.1, 0.15) is 0 Å². The van der Waals surface area contributed by atoms with E-state index < -0.39 is 0 Å². The Morgan fingerprint density at radius 1 is 0.259 bits per heavy atom. The molecule has 9 aromatic carbocycles. The van der Waals surface area contributed by atoms with E-state index in [1.165, 1.54) is 11.1 Å². The van der Waals surface area contributed by atoms with Gasteiger partial charge >= 0.3 is 0 Å². The summed E-state index contributed by atoms with van der Waals surface area (Å²) in [7, 11) is 0. The molecular formula is C54H33NO3. The first kappa shape index (κ1) is 32.4. The highest BCUT2D eigenvalue weighted by atomic mass is 16.3. The highest BCUT2D eigenvalue weighted by molar-refractivity contribution is 6.12. The minimum absolute atomic E-state index is 0.842. The molecule has 0 spiro atoms. The summed E-state index contributed by atoms with van der Waals surface area (Å²) in [6.07, 6.45) is 0. The summed E-state index contributed by atoms with van der Waals surface area (Å²) in [6.45, 7) is 0. The van der Waals surface area contributed by atoms with Gasteiger partial charge in [0.25, 0.3) is 0 Å². The van der Waals surface area contributed by atoms with Crippen LogP contribution in [0.5, 0.6) is 0 Å². The molecule has 0 atom stereocenters. The van der Waals surface area contributed by atoms with E-state index in [0.29, 0.717) is 0 Å². The maximum Gasteiger partial charge on any atom is 0.159 e. The molecule has 272 valence electrons. The second kappa shape index (κ2) is 12.9. The summed E-state index contributed by atoms with van der Waals surface area (Å²) in [5, 5.41) is 6.55. The first-order chi connectivity index (χ1) is 28.7. The summed E-state index contributed by atoms with van der Waals surface area (Å²) in [6, 6.07) is 70.2. The molecule has 0 fully saturated rings. The molecule has 0 saturated carbocycles. The van der Waals surface area contributed by atoms with Crippen LogP contribution in [0.3, 0.4) is 0 Å². The Balaban J connectivity index is 0.940. The normalized spacial score (nSPS) is 11.8. The average Bonchev–Trinajstić information content (AvgIpc) is 3.98. The molecule has 4 nitrogen and oxygen atoms in total. The summed E-state index contributed by atoms with van der Waals surface area (Å²) in [4.78, 5) is 2.28. The van der Waals surface area contributed by atoms with Crippen molar-refractivity contribution in [3.05, 3.63) is 200 Å². The van der Waals surface area contributed by atoms with Gasteiger partial charge in [-0.1, -0.05) is 115 Å². The van der Waals surface area contributed by atoms with Crippen LogP contribution in [-0.2, 0) is 0 Å². The Hall–Kier alpha value is -7.82. The number of benzene rings is 9. The molecule has 3 heterocycles. The van der Waals surface area contributed by atoms with Gasteiger partial charge in [0.05, 0.1) is 5.69 Å². The van der Waals surface area contributed by atoms with Gasteiger partial charge in [0.1, 0.15) is 27.9 Å². The molecule has 0 saturated heterocycles. The second-order valence-corrected chi connectivity index (χ2v) is 14.9. The first-order valence-electron chi connectivity index (χ1n) is 19.6. The summed E-state index contributed by atoms with van der Waals surface area (Å²) in [5.41, 5.74) is 15.1. The summed E-state index contributed by atoms with van der Waals surface area (Å²) in [5.74, 6) is 0. The number of nitrogens with zero attached hydrogens (tertiary/aromatic N) is 1. The van der Waals surface area contributed by atoms with Gasteiger partial charge in [-0.2, -0.15) is 0 Å². The van der Waals surface area contributed by atoms with Gasteiger partial charge in [-0.25, -0.2) is 0 Å². The molecule has 0 radical (unpaired) electrons. The zero-order valence-electron chi connectivity index (χ0n) is 31.2. The van der Waals surface area contributed by atoms with Crippen LogP contribution in [0, 0.1) is 0 Å².